The molecule has 5 nitrogen and oxygen atoms in total. The number of nitrogens with zero attached hydrogens (tertiary/aromatic N) is 3. The molecule has 0 spiro atoms. The number of carbonyl (C=O) groups is 1. The van der Waals surface area contributed by atoms with E-state index in [1.165, 1.54) is 20.0 Å². The average molecular weight is 392 g/mol. The van der Waals surface area contributed by atoms with Gasteiger partial charge in [0.2, 0.25) is 0 Å². The van der Waals surface area contributed by atoms with Crippen molar-refractivity contribution in [3.05, 3.63) is 47.3 Å². The van der Waals surface area contributed by atoms with Gasteiger partial charge >= 0.3 is 6.18 Å². The van der Waals surface area contributed by atoms with Crippen LogP contribution in [0.15, 0.2) is 30.7 Å². The number of amides is 1. The van der Waals surface area contributed by atoms with E-state index in [1.807, 2.05) is 0 Å². The summed E-state index contributed by atoms with van der Waals surface area (Å²) >= 11 is 5.84. The summed E-state index contributed by atoms with van der Waals surface area (Å²) in [5, 5.41) is -0.0706. The molecule has 1 heterocycles. The Morgan fingerprint density at radius 3 is 2.58 bits per heavy atom. The molecule has 0 bridgehead atoms. The molecule has 0 fully saturated rings. The molecule has 140 valence electrons. The van der Waals surface area contributed by atoms with Crippen LogP contribution >= 0.6 is 11.6 Å². The van der Waals surface area contributed by atoms with E-state index in [4.69, 9.17) is 16.3 Å². The largest absolute Gasteiger partial charge is 0.452 e. The fraction of sp³-hybridized carbons (Fsp3) is 0.312. The summed E-state index contributed by atoms with van der Waals surface area (Å²) in [6.07, 6.45) is -2.23. The molecular weight excluding hydrogens is 378 g/mol. The van der Waals surface area contributed by atoms with Gasteiger partial charge in [-0.3, -0.25) is 4.79 Å². The van der Waals surface area contributed by atoms with Crippen LogP contribution in [0.5, 0.6) is 11.5 Å². The summed E-state index contributed by atoms with van der Waals surface area (Å²) in [6.45, 7) is 1.37. The molecule has 0 aliphatic rings. The van der Waals surface area contributed by atoms with E-state index in [1.54, 1.807) is 0 Å². The molecule has 0 aliphatic carbocycles. The molecule has 2 rings (SSSR count). The predicted molar refractivity (Wildman–Crippen MR) is 85.7 cm³/mol. The van der Waals surface area contributed by atoms with Crippen LogP contribution in [0.1, 0.15) is 24.2 Å². The minimum atomic E-state index is -4.61. The van der Waals surface area contributed by atoms with Gasteiger partial charge in [-0.05, 0) is 32.0 Å². The zero-order chi connectivity index (χ0) is 19.5. The second-order valence-corrected chi connectivity index (χ2v) is 5.92. The number of aromatic nitrogens is 2. The number of halogens is 5. The maximum absolute atomic E-state index is 13.6. The summed E-state index contributed by atoms with van der Waals surface area (Å²) in [5.41, 5.74) is -0.372. The molecule has 26 heavy (non-hydrogen) atoms. The van der Waals surface area contributed by atoms with E-state index >= 15 is 0 Å². The third-order valence-electron chi connectivity index (χ3n) is 3.26. The Balaban J connectivity index is 2.42. The van der Waals surface area contributed by atoms with Gasteiger partial charge in [0.1, 0.15) is 24.4 Å². The van der Waals surface area contributed by atoms with Crippen LogP contribution in [-0.2, 0) is 0 Å². The van der Waals surface area contributed by atoms with Gasteiger partial charge in [0, 0.05) is 6.04 Å². The van der Waals surface area contributed by atoms with Gasteiger partial charge in [-0.2, -0.15) is 13.2 Å². The molecular formula is C16H14ClF4N3O2. The fourth-order valence-electron chi connectivity index (χ4n) is 2.08. The number of carbonyl (C=O) groups excluding carboxylic acids is 1. The fourth-order valence-corrected chi connectivity index (χ4v) is 2.21. The Morgan fingerprint density at radius 2 is 2.00 bits per heavy atom. The molecule has 2 aromatic rings. The first-order chi connectivity index (χ1) is 12.1. The molecule has 0 saturated heterocycles. The second-order valence-electron chi connectivity index (χ2n) is 5.56. The van der Waals surface area contributed by atoms with Crippen LogP contribution in [0.4, 0.5) is 17.6 Å². The van der Waals surface area contributed by atoms with E-state index in [9.17, 15) is 22.4 Å². The van der Waals surface area contributed by atoms with Crippen molar-refractivity contribution in [1.29, 1.82) is 0 Å². The Labute approximate surface area is 151 Å². The van der Waals surface area contributed by atoms with E-state index in [2.05, 4.69) is 9.97 Å². The van der Waals surface area contributed by atoms with Gasteiger partial charge in [-0.15, -0.1) is 0 Å². The van der Waals surface area contributed by atoms with Crippen LogP contribution in [0.25, 0.3) is 0 Å². The first-order valence-corrected chi connectivity index (χ1v) is 7.77. The number of alkyl halides is 3. The highest BCUT2D eigenvalue weighted by Gasteiger charge is 2.35. The summed E-state index contributed by atoms with van der Waals surface area (Å²) < 4.78 is 57.4. The van der Waals surface area contributed by atoms with Crippen LogP contribution in [0.3, 0.4) is 0 Å². The quantitative estimate of drug-likeness (QED) is 0.557. The van der Waals surface area contributed by atoms with Crippen LogP contribution in [0.2, 0.25) is 5.15 Å². The van der Waals surface area contributed by atoms with Crippen molar-refractivity contribution in [2.24, 2.45) is 0 Å². The summed E-state index contributed by atoms with van der Waals surface area (Å²) in [7, 11) is 0. The lowest BCUT2D eigenvalue weighted by Crippen LogP contribution is -2.43. The molecule has 0 saturated carbocycles. The third kappa shape index (κ3) is 5.04. The number of hydrogen-bond donors (Lipinski definition) is 0. The smallest absolute Gasteiger partial charge is 0.406 e. The lowest BCUT2D eigenvalue weighted by atomic mass is 10.1. The molecule has 1 amide bonds. The molecule has 0 N–H and O–H groups in total. The van der Waals surface area contributed by atoms with Crippen LogP contribution in [-0.4, -0.2) is 39.5 Å². The molecule has 0 unspecified atom stereocenters. The summed E-state index contributed by atoms with van der Waals surface area (Å²) in [5.74, 6) is -2.02. The van der Waals surface area contributed by atoms with E-state index < -0.39 is 30.5 Å². The molecule has 0 atom stereocenters. The van der Waals surface area contributed by atoms with E-state index in [0.717, 1.165) is 24.5 Å². The number of ether oxygens (including phenoxy) is 1. The average Bonchev–Trinajstić information content (AvgIpc) is 2.54. The Hall–Kier alpha value is -2.42. The zero-order valence-electron chi connectivity index (χ0n) is 13.7. The maximum atomic E-state index is 13.6. The third-order valence-corrected chi connectivity index (χ3v) is 3.54. The molecule has 1 aromatic heterocycles. The van der Waals surface area contributed by atoms with Gasteiger partial charge < -0.3 is 9.64 Å². The van der Waals surface area contributed by atoms with Crippen LogP contribution < -0.4 is 4.74 Å². The monoisotopic (exact) mass is 391 g/mol. The summed E-state index contributed by atoms with van der Waals surface area (Å²) in [6, 6.07) is 2.16. The summed E-state index contributed by atoms with van der Waals surface area (Å²) in [4.78, 5) is 20.6. The first kappa shape index (κ1) is 19.9. The van der Waals surface area contributed by atoms with Gasteiger partial charge in [-0.25, -0.2) is 14.4 Å². The molecule has 1 aromatic carbocycles. The highest BCUT2D eigenvalue weighted by molar-refractivity contribution is 6.30. The lowest BCUT2D eigenvalue weighted by molar-refractivity contribution is -0.143. The van der Waals surface area contributed by atoms with Gasteiger partial charge in [0.25, 0.3) is 5.91 Å². The van der Waals surface area contributed by atoms with Crippen molar-refractivity contribution in [3.63, 3.8) is 0 Å². The Kier molecular flexibility index (Phi) is 6.01. The minimum Gasteiger partial charge on any atom is -0.452 e. The molecule has 10 heteroatoms. The number of hydrogen-bond acceptors (Lipinski definition) is 4. The van der Waals surface area contributed by atoms with Crippen molar-refractivity contribution in [2.45, 2.75) is 26.1 Å². The van der Waals surface area contributed by atoms with Gasteiger partial charge in [-0.1, -0.05) is 11.6 Å². The highest BCUT2D eigenvalue weighted by Crippen LogP contribution is 2.31. The Morgan fingerprint density at radius 1 is 1.31 bits per heavy atom. The van der Waals surface area contributed by atoms with Gasteiger partial charge in [0.15, 0.2) is 10.9 Å². The highest BCUT2D eigenvalue weighted by atomic mass is 35.5. The number of rotatable bonds is 5. The normalized spacial score (nSPS) is 11.5. The van der Waals surface area contributed by atoms with E-state index in [-0.39, 0.29) is 22.2 Å². The number of benzene rings is 1. The van der Waals surface area contributed by atoms with Crippen molar-refractivity contribution >= 4 is 17.5 Å². The van der Waals surface area contributed by atoms with Crippen LogP contribution in [0, 0.1) is 5.82 Å². The predicted octanol–water partition coefficient (Wildman–Crippen LogP) is 4.47. The van der Waals surface area contributed by atoms with Gasteiger partial charge in [0.05, 0.1) is 11.8 Å². The maximum Gasteiger partial charge on any atom is 0.406 e. The van der Waals surface area contributed by atoms with Crippen molar-refractivity contribution in [3.8, 4) is 11.5 Å². The minimum absolute atomic E-state index is 0.0262. The standard InChI is InChI=1S/C16H14ClF4N3O2/c1-9(2)24(7-16(19,20)21)15(25)11-5-10(18)3-4-12(11)26-13-6-22-8-23-14(13)17/h3-6,8-9H,7H2,1-2H3. The van der Waals surface area contributed by atoms with E-state index in [0.29, 0.717) is 4.90 Å². The van der Waals surface area contributed by atoms with Crippen molar-refractivity contribution in [1.82, 2.24) is 14.9 Å². The SMILES string of the molecule is CC(C)N(CC(F)(F)F)C(=O)c1cc(F)ccc1Oc1cncnc1Cl. The lowest BCUT2D eigenvalue weighted by Gasteiger charge is -2.28. The molecule has 0 aliphatic heterocycles. The Bertz CT molecular complexity index is 799. The zero-order valence-corrected chi connectivity index (χ0v) is 14.5. The first-order valence-electron chi connectivity index (χ1n) is 7.39. The topological polar surface area (TPSA) is 55.3 Å². The van der Waals surface area contributed by atoms with Crippen molar-refractivity contribution < 1.29 is 27.1 Å². The molecule has 0 radical (unpaired) electrons. The van der Waals surface area contributed by atoms with Crippen molar-refractivity contribution in [2.75, 3.05) is 6.54 Å². The second kappa shape index (κ2) is 7.86.